The number of nitrogens with one attached hydrogen (secondary N) is 1. The molecule has 0 unspecified atom stereocenters. The highest BCUT2D eigenvalue weighted by Crippen LogP contribution is 2.14. The highest BCUT2D eigenvalue weighted by molar-refractivity contribution is 14.0. The zero-order chi connectivity index (χ0) is 18.9. The Morgan fingerprint density at radius 1 is 1.18 bits per heavy atom. The fourth-order valence-electron chi connectivity index (χ4n) is 3.40. The first-order chi connectivity index (χ1) is 13.3. The Bertz CT molecular complexity index is 694. The minimum absolute atomic E-state index is 0. The second kappa shape index (κ2) is 12.1. The average Bonchev–Trinajstić information content (AvgIpc) is 3.20. The van der Waals surface area contributed by atoms with Gasteiger partial charge in [-0.25, -0.2) is 9.98 Å². The van der Waals surface area contributed by atoms with E-state index in [-0.39, 0.29) is 24.0 Å². The van der Waals surface area contributed by atoms with Gasteiger partial charge in [0.2, 0.25) is 0 Å². The highest BCUT2D eigenvalue weighted by Gasteiger charge is 2.21. The maximum absolute atomic E-state index is 5.76. The fourth-order valence-corrected chi connectivity index (χ4v) is 3.40. The van der Waals surface area contributed by atoms with E-state index in [0.29, 0.717) is 12.6 Å². The molecule has 1 saturated heterocycles. The monoisotopic (exact) mass is 497 g/mol. The molecular formula is C21H32IN5O. The van der Waals surface area contributed by atoms with Gasteiger partial charge in [-0.15, -0.1) is 24.0 Å². The van der Waals surface area contributed by atoms with Crippen LogP contribution in [0, 0.1) is 0 Å². The Balaban J connectivity index is 0.00000280. The molecule has 1 aromatic carbocycles. The van der Waals surface area contributed by atoms with E-state index in [1.54, 1.807) is 0 Å². The number of rotatable bonds is 7. The van der Waals surface area contributed by atoms with E-state index in [1.165, 1.54) is 11.1 Å². The lowest BCUT2D eigenvalue weighted by atomic mass is 10.1. The number of hydrogen-bond acceptors (Lipinski definition) is 3. The predicted molar refractivity (Wildman–Crippen MR) is 124 cm³/mol. The maximum atomic E-state index is 5.76. The van der Waals surface area contributed by atoms with Crippen LogP contribution in [-0.4, -0.2) is 52.8 Å². The van der Waals surface area contributed by atoms with Gasteiger partial charge in [0.25, 0.3) is 0 Å². The standard InChI is InChI=1S/C21H31N5O.HI/c1-3-23-21(26-12-9-20(10-13-26)27-4-2)24-15-18-5-7-19(8-6-18)16-25-14-11-22-17-25;/h5-8,11,14,17,20H,3-4,9-10,12-13,15-16H2,1-2H3,(H,23,24);1H. The van der Waals surface area contributed by atoms with Crippen LogP contribution >= 0.6 is 24.0 Å². The number of hydrogen-bond donors (Lipinski definition) is 1. The molecule has 0 atom stereocenters. The molecule has 0 spiro atoms. The topological polar surface area (TPSA) is 54.7 Å². The van der Waals surface area contributed by atoms with Crippen LogP contribution in [0.15, 0.2) is 48.0 Å². The first kappa shape index (κ1) is 22.7. The van der Waals surface area contributed by atoms with Crippen LogP contribution in [0.4, 0.5) is 0 Å². The summed E-state index contributed by atoms with van der Waals surface area (Å²) in [6, 6.07) is 8.68. The van der Waals surface area contributed by atoms with Gasteiger partial charge in [0.1, 0.15) is 0 Å². The van der Waals surface area contributed by atoms with E-state index >= 15 is 0 Å². The smallest absolute Gasteiger partial charge is 0.194 e. The number of halogens is 1. The van der Waals surface area contributed by atoms with Gasteiger partial charge in [0.15, 0.2) is 5.96 Å². The van der Waals surface area contributed by atoms with E-state index < -0.39 is 0 Å². The Morgan fingerprint density at radius 2 is 1.89 bits per heavy atom. The summed E-state index contributed by atoms with van der Waals surface area (Å²) in [7, 11) is 0. The number of aromatic nitrogens is 2. The summed E-state index contributed by atoms with van der Waals surface area (Å²) in [6.45, 7) is 9.41. The van der Waals surface area contributed by atoms with Crippen molar-refractivity contribution in [1.82, 2.24) is 19.8 Å². The third-order valence-corrected chi connectivity index (χ3v) is 4.84. The van der Waals surface area contributed by atoms with Gasteiger partial charge in [0.05, 0.1) is 19.0 Å². The van der Waals surface area contributed by atoms with E-state index in [2.05, 4.69) is 57.9 Å². The van der Waals surface area contributed by atoms with Crippen LogP contribution in [0.3, 0.4) is 0 Å². The number of aliphatic imine (C=N–C) groups is 1. The molecule has 1 N–H and O–H groups in total. The van der Waals surface area contributed by atoms with Crippen LogP contribution < -0.4 is 5.32 Å². The summed E-state index contributed by atoms with van der Waals surface area (Å²) >= 11 is 0. The molecule has 3 rings (SSSR count). The summed E-state index contributed by atoms with van der Waals surface area (Å²) in [4.78, 5) is 11.3. The molecule has 1 aliphatic heterocycles. The SMILES string of the molecule is CCNC(=NCc1ccc(Cn2ccnc2)cc1)N1CCC(OCC)CC1.I. The van der Waals surface area contributed by atoms with Gasteiger partial charge in [0, 0.05) is 45.2 Å². The molecule has 0 saturated carbocycles. The van der Waals surface area contributed by atoms with Crippen molar-refractivity contribution in [1.29, 1.82) is 0 Å². The van der Waals surface area contributed by atoms with E-state index in [0.717, 1.165) is 51.6 Å². The van der Waals surface area contributed by atoms with Gasteiger partial charge in [-0.05, 0) is 37.8 Å². The largest absolute Gasteiger partial charge is 0.378 e. The Morgan fingerprint density at radius 3 is 2.50 bits per heavy atom. The van der Waals surface area contributed by atoms with Crippen molar-refractivity contribution in [2.45, 2.75) is 45.9 Å². The number of ether oxygens (including phenoxy) is 1. The van der Waals surface area contributed by atoms with E-state index in [9.17, 15) is 0 Å². The Kier molecular flexibility index (Phi) is 9.77. The summed E-state index contributed by atoms with van der Waals surface area (Å²) in [5, 5.41) is 3.44. The van der Waals surface area contributed by atoms with Gasteiger partial charge in [-0.2, -0.15) is 0 Å². The van der Waals surface area contributed by atoms with Gasteiger partial charge >= 0.3 is 0 Å². The molecule has 1 aliphatic rings. The number of nitrogens with zero attached hydrogens (tertiary/aromatic N) is 4. The number of imidazole rings is 1. The molecule has 2 aromatic rings. The minimum atomic E-state index is 0. The Hall–Kier alpha value is -1.61. The molecule has 1 fully saturated rings. The molecular weight excluding hydrogens is 465 g/mol. The number of guanidine groups is 1. The lowest BCUT2D eigenvalue weighted by Gasteiger charge is -2.34. The molecule has 0 aliphatic carbocycles. The summed E-state index contributed by atoms with van der Waals surface area (Å²) < 4.78 is 7.83. The third-order valence-electron chi connectivity index (χ3n) is 4.84. The second-order valence-electron chi connectivity index (χ2n) is 6.86. The molecule has 2 heterocycles. The zero-order valence-electron chi connectivity index (χ0n) is 16.9. The summed E-state index contributed by atoms with van der Waals surface area (Å²) in [6.07, 6.45) is 8.17. The maximum Gasteiger partial charge on any atom is 0.194 e. The third kappa shape index (κ3) is 6.77. The van der Waals surface area contributed by atoms with Crippen LogP contribution in [0.1, 0.15) is 37.8 Å². The van der Waals surface area contributed by atoms with Crippen LogP contribution in [-0.2, 0) is 17.8 Å². The van der Waals surface area contributed by atoms with Crippen molar-refractivity contribution in [2.24, 2.45) is 4.99 Å². The summed E-state index contributed by atoms with van der Waals surface area (Å²) in [5.41, 5.74) is 2.50. The first-order valence-corrected chi connectivity index (χ1v) is 9.97. The van der Waals surface area contributed by atoms with Crippen molar-refractivity contribution < 1.29 is 4.74 Å². The molecule has 0 radical (unpaired) electrons. The van der Waals surface area contributed by atoms with Gasteiger partial charge in [-0.1, -0.05) is 24.3 Å². The lowest BCUT2D eigenvalue weighted by molar-refractivity contribution is 0.0263. The van der Waals surface area contributed by atoms with Gasteiger partial charge < -0.3 is 19.5 Å². The minimum Gasteiger partial charge on any atom is -0.378 e. The molecule has 0 bridgehead atoms. The lowest BCUT2D eigenvalue weighted by Crippen LogP contribution is -2.47. The van der Waals surface area contributed by atoms with Crippen molar-refractivity contribution in [3.8, 4) is 0 Å². The molecule has 6 nitrogen and oxygen atoms in total. The average molecular weight is 497 g/mol. The number of piperidine rings is 1. The Labute approximate surface area is 185 Å². The highest BCUT2D eigenvalue weighted by atomic mass is 127. The van der Waals surface area contributed by atoms with Crippen LogP contribution in [0.25, 0.3) is 0 Å². The fraction of sp³-hybridized carbons (Fsp3) is 0.524. The number of likely N-dealkylation sites (tertiary alicyclic amines) is 1. The quantitative estimate of drug-likeness (QED) is 0.362. The van der Waals surface area contributed by atoms with Crippen molar-refractivity contribution in [3.05, 3.63) is 54.1 Å². The number of benzene rings is 1. The molecule has 154 valence electrons. The molecule has 7 heteroatoms. The second-order valence-corrected chi connectivity index (χ2v) is 6.86. The van der Waals surface area contributed by atoms with Crippen LogP contribution in [0.5, 0.6) is 0 Å². The first-order valence-electron chi connectivity index (χ1n) is 9.97. The molecule has 28 heavy (non-hydrogen) atoms. The predicted octanol–water partition coefficient (Wildman–Crippen LogP) is 3.52. The van der Waals surface area contributed by atoms with Gasteiger partial charge in [-0.3, -0.25) is 0 Å². The van der Waals surface area contributed by atoms with Crippen molar-refractivity contribution in [2.75, 3.05) is 26.2 Å². The summed E-state index contributed by atoms with van der Waals surface area (Å²) in [5.74, 6) is 1.01. The molecule has 0 amide bonds. The van der Waals surface area contributed by atoms with Crippen molar-refractivity contribution in [3.63, 3.8) is 0 Å². The van der Waals surface area contributed by atoms with E-state index in [4.69, 9.17) is 9.73 Å². The van der Waals surface area contributed by atoms with Crippen LogP contribution in [0.2, 0.25) is 0 Å². The normalized spacial score (nSPS) is 15.4. The van der Waals surface area contributed by atoms with Crippen molar-refractivity contribution >= 4 is 29.9 Å². The zero-order valence-corrected chi connectivity index (χ0v) is 19.2. The van der Waals surface area contributed by atoms with E-state index in [1.807, 2.05) is 18.7 Å². The molecule has 1 aromatic heterocycles.